The molecule has 2 rings (SSSR count). The SMILES string of the molecule is Cc1ccc(N(C)C(=O)[C@@H](N)Cc2cc(F)cc(F)c2)cn1. The highest BCUT2D eigenvalue weighted by atomic mass is 19.1. The Morgan fingerprint density at radius 3 is 2.45 bits per heavy atom. The van der Waals surface area contributed by atoms with Crippen molar-refractivity contribution >= 4 is 11.6 Å². The van der Waals surface area contributed by atoms with Crippen LogP contribution in [0.3, 0.4) is 0 Å². The van der Waals surface area contributed by atoms with E-state index in [0.717, 1.165) is 11.8 Å². The van der Waals surface area contributed by atoms with Gasteiger partial charge in [0, 0.05) is 18.8 Å². The van der Waals surface area contributed by atoms with Crippen LogP contribution in [0.15, 0.2) is 36.5 Å². The number of amides is 1. The van der Waals surface area contributed by atoms with E-state index >= 15 is 0 Å². The van der Waals surface area contributed by atoms with Crippen molar-refractivity contribution in [1.29, 1.82) is 0 Å². The van der Waals surface area contributed by atoms with Crippen LogP contribution in [0, 0.1) is 18.6 Å². The average molecular weight is 305 g/mol. The fourth-order valence-corrected chi connectivity index (χ4v) is 2.10. The molecule has 6 heteroatoms. The second-order valence-corrected chi connectivity index (χ2v) is 5.14. The van der Waals surface area contributed by atoms with E-state index in [1.165, 1.54) is 17.0 Å². The van der Waals surface area contributed by atoms with Gasteiger partial charge in [-0.05, 0) is 43.2 Å². The number of likely N-dealkylation sites (N-methyl/N-ethyl adjacent to an activating group) is 1. The summed E-state index contributed by atoms with van der Waals surface area (Å²) >= 11 is 0. The Balaban J connectivity index is 2.09. The summed E-state index contributed by atoms with van der Waals surface area (Å²) in [6.07, 6.45) is 1.62. The van der Waals surface area contributed by atoms with Gasteiger partial charge in [0.15, 0.2) is 0 Å². The Morgan fingerprint density at radius 1 is 1.27 bits per heavy atom. The number of aromatic nitrogens is 1. The number of hydrogen-bond donors (Lipinski definition) is 1. The summed E-state index contributed by atoms with van der Waals surface area (Å²) in [5.41, 5.74) is 7.65. The quantitative estimate of drug-likeness (QED) is 0.942. The maximum absolute atomic E-state index is 13.2. The van der Waals surface area contributed by atoms with Crippen LogP contribution >= 0.6 is 0 Å². The minimum Gasteiger partial charge on any atom is -0.320 e. The monoisotopic (exact) mass is 305 g/mol. The van der Waals surface area contributed by atoms with Crippen molar-refractivity contribution in [2.24, 2.45) is 5.73 Å². The van der Waals surface area contributed by atoms with E-state index in [1.54, 1.807) is 25.4 Å². The van der Waals surface area contributed by atoms with Crippen LogP contribution in [0.1, 0.15) is 11.3 Å². The minimum absolute atomic E-state index is 0.0527. The topological polar surface area (TPSA) is 59.2 Å². The average Bonchev–Trinajstić information content (AvgIpc) is 2.45. The van der Waals surface area contributed by atoms with Gasteiger partial charge in [-0.15, -0.1) is 0 Å². The summed E-state index contributed by atoms with van der Waals surface area (Å²) in [7, 11) is 1.58. The lowest BCUT2D eigenvalue weighted by atomic mass is 10.1. The maximum atomic E-state index is 13.2. The van der Waals surface area contributed by atoms with Crippen LogP contribution < -0.4 is 10.6 Å². The first-order chi connectivity index (χ1) is 10.4. The zero-order valence-electron chi connectivity index (χ0n) is 12.4. The van der Waals surface area contributed by atoms with Crippen molar-refractivity contribution in [3.05, 3.63) is 59.4 Å². The molecule has 1 atom stereocenters. The number of carbonyl (C=O) groups is 1. The summed E-state index contributed by atoms with van der Waals surface area (Å²) < 4.78 is 26.3. The van der Waals surface area contributed by atoms with Gasteiger partial charge in [-0.1, -0.05) is 0 Å². The molecule has 1 aromatic heterocycles. The largest absolute Gasteiger partial charge is 0.320 e. The van der Waals surface area contributed by atoms with Crippen molar-refractivity contribution < 1.29 is 13.6 Å². The third-order valence-electron chi connectivity index (χ3n) is 3.31. The molecule has 1 amide bonds. The summed E-state index contributed by atoms with van der Waals surface area (Å²) in [5, 5.41) is 0. The molecule has 4 nitrogen and oxygen atoms in total. The number of anilines is 1. The van der Waals surface area contributed by atoms with E-state index in [4.69, 9.17) is 5.73 Å². The Hall–Kier alpha value is -2.34. The molecule has 0 aliphatic carbocycles. The van der Waals surface area contributed by atoms with Crippen molar-refractivity contribution in [3.63, 3.8) is 0 Å². The number of carbonyl (C=O) groups excluding carboxylic acids is 1. The lowest BCUT2D eigenvalue weighted by molar-refractivity contribution is -0.119. The normalized spacial score (nSPS) is 12.0. The molecule has 0 fully saturated rings. The number of nitrogens with two attached hydrogens (primary N) is 1. The Labute approximate surface area is 127 Å². The molecule has 0 saturated heterocycles. The zero-order valence-corrected chi connectivity index (χ0v) is 12.4. The third-order valence-corrected chi connectivity index (χ3v) is 3.31. The number of benzene rings is 1. The molecule has 0 saturated carbocycles. The van der Waals surface area contributed by atoms with E-state index in [2.05, 4.69) is 4.98 Å². The number of pyridine rings is 1. The summed E-state index contributed by atoms with van der Waals surface area (Å²) in [4.78, 5) is 17.8. The van der Waals surface area contributed by atoms with Gasteiger partial charge in [-0.2, -0.15) is 0 Å². The Bertz CT molecular complexity index is 653. The van der Waals surface area contributed by atoms with E-state index in [1.807, 2.05) is 6.92 Å². The number of nitrogens with zero attached hydrogens (tertiary/aromatic N) is 2. The second-order valence-electron chi connectivity index (χ2n) is 5.14. The predicted molar refractivity (Wildman–Crippen MR) is 80.4 cm³/mol. The Kier molecular flexibility index (Phi) is 4.82. The predicted octanol–water partition coefficient (Wildman–Crippen LogP) is 2.20. The van der Waals surface area contributed by atoms with Gasteiger partial charge in [0.1, 0.15) is 11.6 Å². The number of aryl methyl sites for hydroxylation is 1. The molecule has 0 aliphatic rings. The molecule has 2 N–H and O–H groups in total. The van der Waals surface area contributed by atoms with Crippen LogP contribution in [-0.2, 0) is 11.2 Å². The van der Waals surface area contributed by atoms with Crippen LogP contribution in [0.5, 0.6) is 0 Å². The molecule has 2 aromatic rings. The lowest BCUT2D eigenvalue weighted by Crippen LogP contribution is -2.43. The molecular formula is C16H17F2N3O. The first kappa shape index (κ1) is 16.0. The number of rotatable bonds is 4. The molecular weight excluding hydrogens is 288 g/mol. The first-order valence-corrected chi connectivity index (χ1v) is 6.77. The number of halogens is 2. The highest BCUT2D eigenvalue weighted by molar-refractivity contribution is 5.96. The standard InChI is InChI=1S/C16H17F2N3O/c1-10-3-4-14(9-20-10)21(2)16(22)15(19)7-11-5-12(17)8-13(18)6-11/h3-6,8-9,15H,7,19H2,1-2H3/t15-/m0/s1. The van der Waals surface area contributed by atoms with Gasteiger partial charge < -0.3 is 10.6 Å². The third kappa shape index (κ3) is 3.85. The van der Waals surface area contributed by atoms with E-state index < -0.39 is 17.7 Å². The highest BCUT2D eigenvalue weighted by Crippen LogP contribution is 2.14. The molecule has 0 aliphatic heterocycles. The number of hydrogen-bond acceptors (Lipinski definition) is 3. The fourth-order valence-electron chi connectivity index (χ4n) is 2.10. The van der Waals surface area contributed by atoms with E-state index in [-0.39, 0.29) is 12.3 Å². The van der Waals surface area contributed by atoms with Gasteiger partial charge in [0.2, 0.25) is 5.91 Å². The lowest BCUT2D eigenvalue weighted by Gasteiger charge is -2.21. The maximum Gasteiger partial charge on any atom is 0.244 e. The second kappa shape index (κ2) is 6.62. The van der Waals surface area contributed by atoms with Crippen LogP contribution in [0.2, 0.25) is 0 Å². The van der Waals surface area contributed by atoms with Crippen molar-refractivity contribution in [2.75, 3.05) is 11.9 Å². The molecule has 116 valence electrons. The summed E-state index contributed by atoms with van der Waals surface area (Å²) in [6, 6.07) is 5.77. The van der Waals surface area contributed by atoms with E-state index in [0.29, 0.717) is 11.3 Å². The van der Waals surface area contributed by atoms with Crippen molar-refractivity contribution in [2.45, 2.75) is 19.4 Å². The first-order valence-electron chi connectivity index (χ1n) is 6.77. The summed E-state index contributed by atoms with van der Waals surface area (Å²) in [6.45, 7) is 1.84. The summed E-state index contributed by atoms with van der Waals surface area (Å²) in [5.74, 6) is -1.73. The van der Waals surface area contributed by atoms with Gasteiger partial charge in [-0.25, -0.2) is 8.78 Å². The van der Waals surface area contributed by atoms with Crippen LogP contribution in [-0.4, -0.2) is 24.0 Å². The smallest absolute Gasteiger partial charge is 0.244 e. The molecule has 1 heterocycles. The van der Waals surface area contributed by atoms with Crippen molar-refractivity contribution in [3.8, 4) is 0 Å². The minimum atomic E-state index is -0.896. The van der Waals surface area contributed by atoms with Gasteiger partial charge in [-0.3, -0.25) is 9.78 Å². The van der Waals surface area contributed by atoms with Gasteiger partial charge >= 0.3 is 0 Å². The molecule has 0 bridgehead atoms. The highest BCUT2D eigenvalue weighted by Gasteiger charge is 2.20. The molecule has 1 aromatic carbocycles. The van der Waals surface area contributed by atoms with E-state index in [9.17, 15) is 13.6 Å². The van der Waals surface area contributed by atoms with Gasteiger partial charge in [0.25, 0.3) is 0 Å². The molecule has 0 unspecified atom stereocenters. The molecule has 22 heavy (non-hydrogen) atoms. The molecule has 0 spiro atoms. The molecule has 0 radical (unpaired) electrons. The van der Waals surface area contributed by atoms with Crippen LogP contribution in [0.25, 0.3) is 0 Å². The fraction of sp³-hybridized carbons (Fsp3) is 0.250. The van der Waals surface area contributed by atoms with Gasteiger partial charge in [0.05, 0.1) is 17.9 Å². The zero-order chi connectivity index (χ0) is 16.3. The van der Waals surface area contributed by atoms with Crippen molar-refractivity contribution in [1.82, 2.24) is 4.98 Å². The van der Waals surface area contributed by atoms with Crippen LogP contribution in [0.4, 0.5) is 14.5 Å². The Morgan fingerprint density at radius 2 is 1.91 bits per heavy atom.